The van der Waals surface area contributed by atoms with Crippen LogP contribution in [0, 0.1) is 11.3 Å². The molecule has 1 fully saturated rings. The van der Waals surface area contributed by atoms with E-state index in [1.807, 2.05) is 0 Å². The average Bonchev–Trinajstić information content (AvgIpc) is 2.85. The molecular weight excluding hydrogens is 178 g/mol. The van der Waals surface area contributed by atoms with Crippen LogP contribution in [0.5, 0.6) is 0 Å². The van der Waals surface area contributed by atoms with E-state index in [1.54, 1.807) is 0 Å². The molecule has 0 radical (unpaired) electrons. The molecule has 1 unspecified atom stereocenters. The van der Waals surface area contributed by atoms with E-state index < -0.39 is 11.9 Å². The molecule has 1 atom stereocenters. The first-order chi connectivity index (χ1) is 6.48. The van der Waals surface area contributed by atoms with Crippen molar-refractivity contribution < 1.29 is 4.79 Å². The molecule has 1 rings (SSSR count). The Balaban J connectivity index is 2.19. The zero-order valence-corrected chi connectivity index (χ0v) is 9.05. The van der Waals surface area contributed by atoms with Gasteiger partial charge in [-0.05, 0) is 24.2 Å². The van der Waals surface area contributed by atoms with E-state index in [-0.39, 0.29) is 0 Å². The van der Waals surface area contributed by atoms with Crippen LogP contribution in [0.3, 0.4) is 0 Å². The Morgan fingerprint density at radius 3 is 2.43 bits per heavy atom. The second kappa shape index (κ2) is 4.28. The molecule has 1 aliphatic rings. The van der Waals surface area contributed by atoms with Gasteiger partial charge in [0.2, 0.25) is 5.91 Å². The molecule has 0 saturated heterocycles. The van der Waals surface area contributed by atoms with Crippen LogP contribution in [0.25, 0.3) is 0 Å². The van der Waals surface area contributed by atoms with Gasteiger partial charge in [0.15, 0.2) is 0 Å². The minimum Gasteiger partial charge on any atom is -0.368 e. The summed E-state index contributed by atoms with van der Waals surface area (Å²) in [5, 5.41) is 3.22. The molecule has 0 aromatic heterocycles. The number of primary amides is 1. The van der Waals surface area contributed by atoms with Crippen LogP contribution < -0.4 is 16.8 Å². The highest BCUT2D eigenvalue weighted by Gasteiger charge is 2.44. The second-order valence-corrected chi connectivity index (χ2v) is 4.66. The highest BCUT2D eigenvalue weighted by atomic mass is 16.1. The molecule has 0 aromatic rings. The molecule has 0 aromatic carbocycles. The Morgan fingerprint density at radius 2 is 2.07 bits per heavy atom. The van der Waals surface area contributed by atoms with Crippen molar-refractivity contribution in [3.63, 3.8) is 0 Å². The molecule has 0 bridgehead atoms. The highest BCUT2D eigenvalue weighted by molar-refractivity contribution is 5.79. The number of nitrogens with one attached hydrogen (secondary N) is 1. The van der Waals surface area contributed by atoms with Gasteiger partial charge in [0.1, 0.15) is 0 Å². The van der Waals surface area contributed by atoms with E-state index in [1.165, 1.54) is 12.8 Å². The van der Waals surface area contributed by atoms with E-state index in [2.05, 4.69) is 19.2 Å². The van der Waals surface area contributed by atoms with Crippen LogP contribution in [0.1, 0.15) is 26.7 Å². The quantitative estimate of drug-likeness (QED) is 0.555. The SMILES string of the molecule is CC(C)C1(CNCC(N)C(N)=O)CC1. The van der Waals surface area contributed by atoms with Gasteiger partial charge >= 0.3 is 0 Å². The topological polar surface area (TPSA) is 81.1 Å². The smallest absolute Gasteiger partial charge is 0.235 e. The third kappa shape index (κ3) is 2.69. The minimum absolute atomic E-state index is 0.438. The molecule has 1 saturated carbocycles. The number of nitrogens with two attached hydrogens (primary N) is 2. The van der Waals surface area contributed by atoms with Crippen molar-refractivity contribution >= 4 is 5.91 Å². The molecule has 82 valence electrons. The molecule has 0 aliphatic heterocycles. The summed E-state index contributed by atoms with van der Waals surface area (Å²) in [6.07, 6.45) is 2.56. The lowest BCUT2D eigenvalue weighted by molar-refractivity contribution is -0.119. The predicted molar refractivity (Wildman–Crippen MR) is 56.5 cm³/mol. The maximum Gasteiger partial charge on any atom is 0.235 e. The van der Waals surface area contributed by atoms with E-state index in [0.717, 1.165) is 6.54 Å². The Morgan fingerprint density at radius 1 is 1.50 bits per heavy atom. The Kier molecular flexibility index (Phi) is 3.50. The van der Waals surface area contributed by atoms with Gasteiger partial charge < -0.3 is 16.8 Å². The number of carbonyl (C=O) groups excluding carboxylic acids is 1. The van der Waals surface area contributed by atoms with Crippen molar-refractivity contribution in [1.29, 1.82) is 0 Å². The van der Waals surface area contributed by atoms with Gasteiger partial charge in [-0.15, -0.1) is 0 Å². The Bertz CT molecular complexity index is 211. The maximum atomic E-state index is 10.7. The molecule has 1 amide bonds. The summed E-state index contributed by atoms with van der Waals surface area (Å²) in [6.45, 7) is 5.92. The van der Waals surface area contributed by atoms with E-state index in [9.17, 15) is 4.79 Å². The van der Waals surface area contributed by atoms with E-state index in [0.29, 0.717) is 17.9 Å². The number of hydrogen-bond donors (Lipinski definition) is 3. The molecule has 4 nitrogen and oxygen atoms in total. The van der Waals surface area contributed by atoms with Crippen LogP contribution >= 0.6 is 0 Å². The molecule has 4 heteroatoms. The van der Waals surface area contributed by atoms with Crippen molar-refractivity contribution in [3.05, 3.63) is 0 Å². The van der Waals surface area contributed by atoms with Crippen LogP contribution in [0.4, 0.5) is 0 Å². The lowest BCUT2D eigenvalue weighted by atomic mass is 9.92. The van der Waals surface area contributed by atoms with Crippen LogP contribution in [0.15, 0.2) is 0 Å². The van der Waals surface area contributed by atoms with Crippen molar-refractivity contribution in [2.45, 2.75) is 32.7 Å². The van der Waals surface area contributed by atoms with Crippen molar-refractivity contribution in [3.8, 4) is 0 Å². The highest BCUT2D eigenvalue weighted by Crippen LogP contribution is 2.51. The van der Waals surface area contributed by atoms with Gasteiger partial charge in [0.05, 0.1) is 6.04 Å². The molecule has 14 heavy (non-hydrogen) atoms. The summed E-state index contributed by atoms with van der Waals surface area (Å²) in [5.41, 5.74) is 11.0. The summed E-state index contributed by atoms with van der Waals surface area (Å²) in [5.74, 6) is 0.256. The van der Waals surface area contributed by atoms with Crippen molar-refractivity contribution in [2.24, 2.45) is 22.8 Å². The summed E-state index contributed by atoms with van der Waals surface area (Å²) in [7, 11) is 0. The minimum atomic E-state index is -0.557. The predicted octanol–water partition coefficient (Wildman–Crippen LogP) is -0.175. The summed E-state index contributed by atoms with van der Waals surface area (Å²) in [4.78, 5) is 10.7. The summed E-state index contributed by atoms with van der Waals surface area (Å²) < 4.78 is 0. The Hall–Kier alpha value is -0.610. The van der Waals surface area contributed by atoms with E-state index in [4.69, 9.17) is 11.5 Å². The summed E-state index contributed by atoms with van der Waals surface area (Å²) in [6, 6.07) is -0.557. The van der Waals surface area contributed by atoms with Crippen LogP contribution in [0.2, 0.25) is 0 Å². The number of hydrogen-bond acceptors (Lipinski definition) is 3. The standard InChI is InChI=1S/C10H21N3O/c1-7(2)10(3-4-10)6-13-5-8(11)9(12)14/h7-8,13H,3-6,11H2,1-2H3,(H2,12,14). The number of rotatable bonds is 6. The number of amides is 1. The van der Waals surface area contributed by atoms with Gasteiger partial charge in [-0.25, -0.2) is 0 Å². The molecule has 0 spiro atoms. The monoisotopic (exact) mass is 199 g/mol. The lowest BCUT2D eigenvalue weighted by Gasteiger charge is -2.20. The fourth-order valence-electron chi connectivity index (χ4n) is 1.70. The first-order valence-electron chi connectivity index (χ1n) is 5.23. The Labute approximate surface area is 85.4 Å². The van der Waals surface area contributed by atoms with Gasteiger partial charge in [0.25, 0.3) is 0 Å². The first kappa shape index (κ1) is 11.5. The van der Waals surface area contributed by atoms with Crippen LogP contribution in [-0.2, 0) is 4.79 Å². The zero-order chi connectivity index (χ0) is 10.8. The molecular formula is C10H21N3O. The van der Waals surface area contributed by atoms with Gasteiger partial charge in [-0.3, -0.25) is 4.79 Å². The van der Waals surface area contributed by atoms with Gasteiger partial charge in [-0.1, -0.05) is 13.8 Å². The molecule has 5 N–H and O–H groups in total. The largest absolute Gasteiger partial charge is 0.368 e. The maximum absolute atomic E-state index is 10.7. The van der Waals surface area contributed by atoms with Crippen molar-refractivity contribution in [2.75, 3.05) is 13.1 Å². The fourth-order valence-corrected chi connectivity index (χ4v) is 1.70. The lowest BCUT2D eigenvalue weighted by Crippen LogP contribution is -2.45. The number of carbonyl (C=O) groups is 1. The van der Waals surface area contributed by atoms with E-state index >= 15 is 0 Å². The van der Waals surface area contributed by atoms with Gasteiger partial charge in [-0.2, -0.15) is 0 Å². The molecule has 1 aliphatic carbocycles. The summed E-state index contributed by atoms with van der Waals surface area (Å²) >= 11 is 0. The van der Waals surface area contributed by atoms with Crippen molar-refractivity contribution in [1.82, 2.24) is 5.32 Å². The van der Waals surface area contributed by atoms with Gasteiger partial charge in [0, 0.05) is 13.1 Å². The zero-order valence-electron chi connectivity index (χ0n) is 9.05. The fraction of sp³-hybridized carbons (Fsp3) is 0.900. The third-order valence-corrected chi connectivity index (χ3v) is 3.32. The second-order valence-electron chi connectivity index (χ2n) is 4.66. The first-order valence-corrected chi connectivity index (χ1v) is 5.23. The third-order valence-electron chi connectivity index (χ3n) is 3.32. The average molecular weight is 199 g/mol. The normalized spacial score (nSPS) is 20.9. The van der Waals surface area contributed by atoms with Crippen LogP contribution in [-0.4, -0.2) is 25.0 Å². The molecule has 0 heterocycles.